The lowest BCUT2D eigenvalue weighted by molar-refractivity contribution is -0.128. The minimum Gasteiger partial charge on any atom is -0.489 e. The Morgan fingerprint density at radius 3 is 2.20 bits per heavy atom. The Balaban J connectivity index is 1.28. The molecular weight excluding hydrogens is 504 g/mol. The molecule has 1 aliphatic heterocycles. The molecule has 7 nitrogen and oxygen atoms in total. The summed E-state index contributed by atoms with van der Waals surface area (Å²) in [6.07, 6.45) is 5.84. The quantitative estimate of drug-likeness (QED) is 0.347. The van der Waals surface area contributed by atoms with E-state index in [9.17, 15) is 14.4 Å². The predicted molar refractivity (Wildman–Crippen MR) is 155 cm³/mol. The smallest absolute Gasteiger partial charge is 0.410 e. The van der Waals surface area contributed by atoms with Crippen LogP contribution in [0.5, 0.6) is 5.75 Å². The van der Waals surface area contributed by atoms with Gasteiger partial charge in [-0.1, -0.05) is 55.3 Å². The van der Waals surface area contributed by atoms with E-state index in [1.165, 1.54) is 12.8 Å². The third-order valence-electron chi connectivity index (χ3n) is 7.57. The summed E-state index contributed by atoms with van der Waals surface area (Å²) in [6.45, 7) is 7.23. The van der Waals surface area contributed by atoms with E-state index in [2.05, 4.69) is 5.32 Å². The van der Waals surface area contributed by atoms with Crippen molar-refractivity contribution in [2.75, 3.05) is 13.1 Å². The number of nitrogens with one attached hydrogen (secondary N) is 1. The lowest BCUT2D eigenvalue weighted by Crippen LogP contribution is -2.45. The van der Waals surface area contributed by atoms with Crippen LogP contribution in [0.15, 0.2) is 54.6 Å². The highest BCUT2D eigenvalue weighted by atomic mass is 16.6. The van der Waals surface area contributed by atoms with Crippen molar-refractivity contribution in [3.63, 3.8) is 0 Å². The van der Waals surface area contributed by atoms with Gasteiger partial charge in [0.25, 0.3) is 0 Å². The van der Waals surface area contributed by atoms with Crippen LogP contribution in [0.3, 0.4) is 0 Å². The third kappa shape index (κ3) is 10.00. The number of carbonyl (C=O) groups is 3. The van der Waals surface area contributed by atoms with Crippen molar-refractivity contribution in [1.82, 2.24) is 10.2 Å². The van der Waals surface area contributed by atoms with Crippen molar-refractivity contribution >= 4 is 17.8 Å². The van der Waals surface area contributed by atoms with Crippen molar-refractivity contribution in [3.8, 4) is 5.75 Å². The fourth-order valence-corrected chi connectivity index (χ4v) is 5.03. The summed E-state index contributed by atoms with van der Waals surface area (Å²) in [4.78, 5) is 40.3. The maximum atomic E-state index is 13.2. The number of nitrogens with zero attached hydrogens (tertiary/aromatic N) is 1. The molecule has 40 heavy (non-hydrogen) atoms. The highest BCUT2D eigenvalue weighted by molar-refractivity contribution is 5.89. The van der Waals surface area contributed by atoms with Gasteiger partial charge in [0.05, 0.1) is 6.04 Å². The van der Waals surface area contributed by atoms with Gasteiger partial charge in [0.1, 0.15) is 18.0 Å². The van der Waals surface area contributed by atoms with Gasteiger partial charge in [-0.25, -0.2) is 4.79 Å². The van der Waals surface area contributed by atoms with Crippen LogP contribution in [0, 0.1) is 11.8 Å². The molecule has 1 aliphatic carbocycles. The molecule has 0 unspecified atom stereocenters. The third-order valence-corrected chi connectivity index (χ3v) is 7.57. The standard InChI is InChI=1S/C33H44N2O5/c1-33(2,3)40-32(38)35-19-17-26(18-20-35)22-31(37)34-29(30(36)16-13-24-9-10-24)21-25-11-14-28(15-12-25)39-23-27-7-5-4-6-8-27/h4-8,11-12,14-15,24,26,29H,9-10,13,16-23H2,1-3H3,(H,34,37)/t29-/m0/s1. The van der Waals surface area contributed by atoms with Crippen LogP contribution in [0.1, 0.15) is 76.8 Å². The molecule has 2 aromatic rings. The van der Waals surface area contributed by atoms with Gasteiger partial charge in [-0.05, 0) is 81.5 Å². The number of piperidine rings is 1. The van der Waals surface area contributed by atoms with E-state index in [4.69, 9.17) is 9.47 Å². The molecule has 0 aromatic heterocycles. The molecule has 1 N–H and O–H groups in total. The van der Waals surface area contributed by atoms with E-state index in [1.807, 2.05) is 75.4 Å². The Morgan fingerprint density at radius 1 is 0.900 bits per heavy atom. The lowest BCUT2D eigenvalue weighted by atomic mass is 9.92. The number of carbonyl (C=O) groups excluding carboxylic acids is 3. The van der Waals surface area contributed by atoms with Crippen molar-refractivity contribution in [2.24, 2.45) is 11.8 Å². The Hall–Kier alpha value is -3.35. The second kappa shape index (κ2) is 13.8. The second-order valence-electron chi connectivity index (χ2n) is 12.3. The summed E-state index contributed by atoms with van der Waals surface area (Å²) < 4.78 is 11.4. The zero-order chi connectivity index (χ0) is 28.5. The van der Waals surface area contributed by atoms with Gasteiger partial charge in [0.15, 0.2) is 5.78 Å². The maximum absolute atomic E-state index is 13.2. The Morgan fingerprint density at radius 2 is 1.57 bits per heavy atom. The lowest BCUT2D eigenvalue weighted by Gasteiger charge is -2.33. The monoisotopic (exact) mass is 548 g/mol. The first-order chi connectivity index (χ1) is 19.1. The number of hydrogen-bond acceptors (Lipinski definition) is 5. The number of ketones is 1. The van der Waals surface area contributed by atoms with Gasteiger partial charge in [-0.15, -0.1) is 0 Å². The molecule has 1 saturated heterocycles. The van der Waals surface area contributed by atoms with Crippen LogP contribution < -0.4 is 10.1 Å². The predicted octanol–water partition coefficient (Wildman–Crippen LogP) is 6.09. The summed E-state index contributed by atoms with van der Waals surface area (Å²) in [5.41, 5.74) is 1.57. The molecule has 1 saturated carbocycles. The molecule has 2 fully saturated rings. The zero-order valence-electron chi connectivity index (χ0n) is 24.2. The SMILES string of the molecule is CC(C)(C)OC(=O)N1CCC(CC(=O)N[C@@H](Cc2ccc(OCc3ccccc3)cc2)C(=O)CCC2CC2)CC1. The number of Topliss-reactive ketones (excluding diaryl/α,β-unsaturated/α-hetero) is 1. The number of amides is 2. The molecule has 0 spiro atoms. The first kappa shape index (κ1) is 29.6. The Kier molecular flexibility index (Phi) is 10.2. The first-order valence-corrected chi connectivity index (χ1v) is 14.7. The molecule has 0 bridgehead atoms. The first-order valence-electron chi connectivity index (χ1n) is 14.7. The number of likely N-dealkylation sites (tertiary alicyclic amines) is 1. The highest BCUT2D eigenvalue weighted by Gasteiger charge is 2.30. The average Bonchev–Trinajstić information content (AvgIpc) is 3.76. The molecule has 7 heteroatoms. The number of ether oxygens (including phenoxy) is 2. The number of rotatable bonds is 12. The maximum Gasteiger partial charge on any atom is 0.410 e. The molecule has 2 aliphatic rings. The van der Waals surface area contributed by atoms with Gasteiger partial charge in [0.2, 0.25) is 5.91 Å². The van der Waals surface area contributed by atoms with Crippen LogP contribution >= 0.6 is 0 Å². The van der Waals surface area contributed by atoms with Crippen LogP contribution in [0.4, 0.5) is 4.79 Å². The van der Waals surface area contributed by atoms with Gasteiger partial charge < -0.3 is 19.7 Å². The minimum atomic E-state index is -0.538. The van der Waals surface area contributed by atoms with Crippen LogP contribution in [0.2, 0.25) is 0 Å². The van der Waals surface area contributed by atoms with Gasteiger partial charge in [-0.3, -0.25) is 9.59 Å². The molecule has 216 valence electrons. The summed E-state index contributed by atoms with van der Waals surface area (Å²) in [6, 6.07) is 17.3. The van der Waals surface area contributed by atoms with Gasteiger partial charge in [-0.2, -0.15) is 0 Å². The molecule has 2 aromatic carbocycles. The fraction of sp³-hybridized carbons (Fsp3) is 0.545. The summed E-state index contributed by atoms with van der Waals surface area (Å²) >= 11 is 0. The molecule has 4 rings (SSSR count). The number of hydrogen-bond donors (Lipinski definition) is 1. The molecule has 2 amide bonds. The molecule has 1 heterocycles. The van der Waals surface area contributed by atoms with Crippen molar-refractivity contribution in [1.29, 1.82) is 0 Å². The van der Waals surface area contributed by atoms with Crippen molar-refractivity contribution < 1.29 is 23.9 Å². The van der Waals surface area contributed by atoms with Crippen LogP contribution in [-0.2, 0) is 27.4 Å². The van der Waals surface area contributed by atoms with Crippen molar-refractivity contribution in [2.45, 2.75) is 90.4 Å². The topological polar surface area (TPSA) is 84.9 Å². The summed E-state index contributed by atoms with van der Waals surface area (Å²) in [5.74, 6) is 1.62. The Bertz CT molecular complexity index is 1110. The Labute approximate surface area is 238 Å². The van der Waals surface area contributed by atoms with E-state index >= 15 is 0 Å². The molecule has 1 atom stereocenters. The highest BCUT2D eigenvalue weighted by Crippen LogP contribution is 2.33. The van der Waals surface area contributed by atoms with E-state index in [0.29, 0.717) is 44.9 Å². The normalized spacial score (nSPS) is 16.7. The zero-order valence-corrected chi connectivity index (χ0v) is 24.2. The molecular formula is C33H44N2O5. The summed E-state index contributed by atoms with van der Waals surface area (Å²) in [7, 11) is 0. The van der Waals surface area contributed by atoms with Crippen LogP contribution in [-0.4, -0.2) is 47.4 Å². The fourth-order valence-electron chi connectivity index (χ4n) is 5.03. The van der Waals surface area contributed by atoms with E-state index in [0.717, 1.165) is 36.1 Å². The van der Waals surface area contributed by atoms with Gasteiger partial charge in [0, 0.05) is 25.9 Å². The average molecular weight is 549 g/mol. The van der Waals surface area contributed by atoms with E-state index in [-0.39, 0.29) is 23.7 Å². The van der Waals surface area contributed by atoms with Gasteiger partial charge >= 0.3 is 6.09 Å². The van der Waals surface area contributed by atoms with Crippen molar-refractivity contribution in [3.05, 3.63) is 65.7 Å². The van der Waals surface area contributed by atoms with E-state index in [1.54, 1.807) is 4.90 Å². The number of benzene rings is 2. The summed E-state index contributed by atoms with van der Waals surface area (Å²) in [5, 5.41) is 3.06. The van der Waals surface area contributed by atoms with Crippen LogP contribution in [0.25, 0.3) is 0 Å². The second-order valence-corrected chi connectivity index (χ2v) is 12.3. The minimum absolute atomic E-state index is 0.0942. The largest absolute Gasteiger partial charge is 0.489 e. The molecule has 0 radical (unpaired) electrons. The van der Waals surface area contributed by atoms with E-state index < -0.39 is 11.6 Å².